The zero-order valence-electron chi connectivity index (χ0n) is 4.20. The van der Waals surface area contributed by atoms with Gasteiger partial charge in [0.15, 0.2) is 11.5 Å². The summed E-state index contributed by atoms with van der Waals surface area (Å²) in [5.41, 5.74) is 0. The van der Waals surface area contributed by atoms with Crippen molar-refractivity contribution in [3.05, 3.63) is 24.3 Å². The zero-order chi connectivity index (χ0) is 5.98. The standard InChI is InChI=1S/C6H6O2/c7-5-3-1-2-4-6(5)8/h1-4,7-8H/i5+2. The molecule has 8 heavy (non-hydrogen) atoms. The highest BCUT2D eigenvalue weighted by atomic mass is 16.5. The Morgan fingerprint density at radius 1 is 1.38 bits per heavy atom. The molecule has 0 aliphatic heterocycles. The van der Waals surface area contributed by atoms with Gasteiger partial charge >= 0.3 is 0 Å². The van der Waals surface area contributed by atoms with Crippen LogP contribution in [0.2, 0.25) is 0 Å². The summed E-state index contributed by atoms with van der Waals surface area (Å²) in [6, 6.07) is 6.15. The first-order chi connectivity index (χ1) is 3.80. The van der Waals surface area contributed by atoms with Crippen molar-refractivity contribution in [2.45, 2.75) is 0 Å². The molecule has 1 aromatic rings. The Morgan fingerprint density at radius 2 is 2.12 bits per heavy atom. The molecule has 0 unspecified atom stereocenters. The number of hydrogen-bond acceptors (Lipinski definition) is 2. The highest BCUT2D eigenvalue weighted by molar-refractivity contribution is 5.36. The second-order valence-electron chi connectivity index (χ2n) is 1.49. The van der Waals surface area contributed by atoms with Gasteiger partial charge in [-0.15, -0.1) is 0 Å². The molecule has 0 heterocycles. The summed E-state index contributed by atoms with van der Waals surface area (Å²) in [6.07, 6.45) is 0. The maximum Gasteiger partial charge on any atom is 0.157 e. The molecule has 0 saturated heterocycles. The molecule has 0 atom stereocenters. The molecule has 0 fully saturated rings. The first kappa shape index (κ1) is 4.97. The highest BCUT2D eigenvalue weighted by Gasteiger charge is 1.90. The van der Waals surface area contributed by atoms with Crippen LogP contribution < -0.4 is 0 Å². The van der Waals surface area contributed by atoms with Gasteiger partial charge in [-0.05, 0) is 12.1 Å². The van der Waals surface area contributed by atoms with E-state index >= 15 is 0 Å². The van der Waals surface area contributed by atoms with E-state index in [2.05, 4.69) is 0 Å². The largest absolute Gasteiger partial charge is 0.504 e. The Morgan fingerprint density at radius 3 is 2.50 bits per heavy atom. The summed E-state index contributed by atoms with van der Waals surface area (Å²) in [4.78, 5) is 0. The number of rotatable bonds is 0. The van der Waals surface area contributed by atoms with Gasteiger partial charge in [-0.1, -0.05) is 12.1 Å². The summed E-state index contributed by atoms with van der Waals surface area (Å²) < 4.78 is 0. The molecular formula is C6H6O2. The average molecular weight is 112 g/mol. The van der Waals surface area contributed by atoms with Crippen molar-refractivity contribution in [2.24, 2.45) is 0 Å². The number of para-hydroxylation sites is 2. The molecule has 0 spiro atoms. The number of benzene rings is 1. The van der Waals surface area contributed by atoms with Gasteiger partial charge in [0.2, 0.25) is 0 Å². The van der Waals surface area contributed by atoms with Crippen LogP contribution in [0.4, 0.5) is 0 Å². The minimum atomic E-state index is -0.0764. The molecular weight excluding hydrogens is 106 g/mol. The first-order valence-electron chi connectivity index (χ1n) is 2.27. The lowest BCUT2D eigenvalue weighted by molar-refractivity contribution is 0.404. The fourth-order valence-electron chi connectivity index (χ4n) is 0.464. The third-order valence-corrected chi connectivity index (χ3v) is 0.882. The topological polar surface area (TPSA) is 40.5 Å². The van der Waals surface area contributed by atoms with E-state index in [1.54, 1.807) is 12.1 Å². The van der Waals surface area contributed by atoms with Crippen molar-refractivity contribution in [1.29, 1.82) is 0 Å². The van der Waals surface area contributed by atoms with E-state index in [0.717, 1.165) is 0 Å². The lowest BCUT2D eigenvalue weighted by Gasteiger charge is -1.91. The van der Waals surface area contributed by atoms with Crippen LogP contribution in [0.3, 0.4) is 0 Å². The molecule has 0 aliphatic carbocycles. The van der Waals surface area contributed by atoms with E-state index in [4.69, 9.17) is 10.2 Å². The fraction of sp³-hybridized carbons (Fsp3) is 0. The van der Waals surface area contributed by atoms with Crippen LogP contribution in [0, 0.1) is 0 Å². The lowest BCUT2D eigenvalue weighted by Crippen LogP contribution is -1.63. The molecule has 0 radical (unpaired) electrons. The minimum absolute atomic E-state index is 0.0764. The van der Waals surface area contributed by atoms with Crippen molar-refractivity contribution in [1.82, 2.24) is 0 Å². The molecule has 1 rings (SSSR count). The predicted molar refractivity (Wildman–Crippen MR) is 29.8 cm³/mol. The monoisotopic (exact) mass is 112 g/mol. The minimum Gasteiger partial charge on any atom is -0.504 e. The van der Waals surface area contributed by atoms with E-state index in [0.29, 0.717) is 0 Å². The van der Waals surface area contributed by atoms with Crippen LogP contribution in [-0.2, 0) is 0 Å². The number of aromatic hydroxyl groups is 2. The van der Waals surface area contributed by atoms with Gasteiger partial charge in [0.25, 0.3) is 0 Å². The maximum absolute atomic E-state index is 8.67. The van der Waals surface area contributed by atoms with Crippen LogP contribution in [-0.4, -0.2) is 10.2 Å². The maximum atomic E-state index is 8.67. The molecule has 42 valence electrons. The van der Waals surface area contributed by atoms with E-state index in [9.17, 15) is 0 Å². The van der Waals surface area contributed by atoms with Crippen molar-refractivity contribution in [2.75, 3.05) is 0 Å². The molecule has 0 bridgehead atoms. The molecule has 1 aromatic carbocycles. The van der Waals surface area contributed by atoms with E-state index in [1.165, 1.54) is 12.1 Å². The van der Waals surface area contributed by atoms with Crippen LogP contribution in [0.1, 0.15) is 0 Å². The van der Waals surface area contributed by atoms with Gasteiger partial charge in [0.05, 0.1) is 0 Å². The summed E-state index contributed by atoms with van der Waals surface area (Å²) in [5, 5.41) is 17.3. The van der Waals surface area contributed by atoms with Gasteiger partial charge < -0.3 is 10.2 Å². The Kier molecular flexibility index (Phi) is 1.08. The lowest BCUT2D eigenvalue weighted by atomic mass is 10.5. The second kappa shape index (κ2) is 1.74. The van der Waals surface area contributed by atoms with Crippen molar-refractivity contribution < 1.29 is 10.2 Å². The predicted octanol–water partition coefficient (Wildman–Crippen LogP) is 1.10. The Hall–Kier alpha value is -1.18. The van der Waals surface area contributed by atoms with Gasteiger partial charge in [0, 0.05) is 0 Å². The molecule has 0 amide bonds. The van der Waals surface area contributed by atoms with E-state index < -0.39 is 0 Å². The number of hydrogen-bond donors (Lipinski definition) is 2. The van der Waals surface area contributed by atoms with Crippen molar-refractivity contribution in [3.8, 4) is 11.5 Å². The van der Waals surface area contributed by atoms with Gasteiger partial charge in [-0.25, -0.2) is 0 Å². The van der Waals surface area contributed by atoms with Crippen molar-refractivity contribution >= 4 is 0 Å². The number of phenolic OH excluding ortho intramolecular Hbond substituents is 2. The fourth-order valence-corrected chi connectivity index (χ4v) is 0.464. The molecule has 0 saturated carbocycles. The summed E-state index contributed by atoms with van der Waals surface area (Å²) in [5.74, 6) is -0.153. The van der Waals surface area contributed by atoms with Crippen LogP contribution >= 0.6 is 0 Å². The summed E-state index contributed by atoms with van der Waals surface area (Å²) >= 11 is 0. The first-order valence-corrected chi connectivity index (χ1v) is 2.27. The third-order valence-electron chi connectivity index (χ3n) is 0.882. The smallest absolute Gasteiger partial charge is 0.157 e. The SMILES string of the molecule is Oc1cccc[14c]1O. The molecule has 0 aliphatic rings. The van der Waals surface area contributed by atoms with Crippen LogP contribution in [0.25, 0.3) is 0 Å². The molecule has 2 heteroatoms. The highest BCUT2D eigenvalue weighted by Crippen LogP contribution is 2.21. The van der Waals surface area contributed by atoms with E-state index in [-0.39, 0.29) is 11.5 Å². The summed E-state index contributed by atoms with van der Waals surface area (Å²) in [7, 11) is 0. The second-order valence-corrected chi connectivity index (χ2v) is 1.49. The zero-order valence-corrected chi connectivity index (χ0v) is 4.20. The Bertz CT molecular complexity index is 163. The van der Waals surface area contributed by atoms with Crippen LogP contribution in [0.15, 0.2) is 24.3 Å². The number of phenols is 2. The van der Waals surface area contributed by atoms with Crippen molar-refractivity contribution in [3.63, 3.8) is 0 Å². The van der Waals surface area contributed by atoms with Gasteiger partial charge in [-0.2, -0.15) is 0 Å². The van der Waals surface area contributed by atoms with E-state index in [1.807, 2.05) is 0 Å². The van der Waals surface area contributed by atoms with Crippen LogP contribution in [0.5, 0.6) is 11.5 Å². The normalized spacial score (nSPS) is 9.00. The summed E-state index contributed by atoms with van der Waals surface area (Å²) in [6.45, 7) is 0. The van der Waals surface area contributed by atoms with Gasteiger partial charge in [-0.3, -0.25) is 0 Å². The molecule has 2 N–H and O–H groups in total. The molecule has 0 aromatic heterocycles. The van der Waals surface area contributed by atoms with Gasteiger partial charge in [0.1, 0.15) is 0 Å². The Labute approximate surface area is 47.0 Å². The molecule has 2 nitrogen and oxygen atoms in total. The Balaban J connectivity index is 3.13. The third kappa shape index (κ3) is 0.729. The quantitative estimate of drug-likeness (QED) is 0.493. The average Bonchev–Trinajstić information content (AvgIpc) is 1.77.